The SMILES string of the molecule is N#Cc1cccc2c1nc(CCCl)n2C1CCC1. The minimum Gasteiger partial charge on any atom is -0.325 e. The van der Waals surface area contributed by atoms with Crippen molar-refractivity contribution in [1.82, 2.24) is 9.55 Å². The topological polar surface area (TPSA) is 41.6 Å². The Balaban J connectivity index is 2.22. The fourth-order valence-corrected chi connectivity index (χ4v) is 2.74. The molecule has 0 atom stereocenters. The molecule has 0 bridgehead atoms. The molecule has 2 aromatic rings. The molecule has 92 valence electrons. The van der Waals surface area contributed by atoms with Crippen molar-refractivity contribution in [3.63, 3.8) is 0 Å². The number of nitriles is 1. The van der Waals surface area contributed by atoms with Gasteiger partial charge in [-0.3, -0.25) is 0 Å². The molecule has 0 amide bonds. The van der Waals surface area contributed by atoms with Crippen LogP contribution in [0.15, 0.2) is 18.2 Å². The first-order valence-electron chi connectivity index (χ1n) is 6.31. The van der Waals surface area contributed by atoms with Crippen LogP contribution < -0.4 is 0 Å². The van der Waals surface area contributed by atoms with E-state index in [4.69, 9.17) is 16.9 Å². The maximum Gasteiger partial charge on any atom is 0.111 e. The number of aryl methyl sites for hydroxylation is 1. The molecule has 1 heterocycles. The van der Waals surface area contributed by atoms with Crippen LogP contribution in [0.4, 0.5) is 0 Å². The van der Waals surface area contributed by atoms with E-state index >= 15 is 0 Å². The molecule has 3 rings (SSSR count). The maximum absolute atomic E-state index is 9.15. The Hall–Kier alpha value is -1.53. The molecule has 1 aromatic carbocycles. The molecule has 0 aliphatic heterocycles. The number of hydrogen-bond acceptors (Lipinski definition) is 2. The molecular weight excluding hydrogens is 246 g/mol. The molecule has 0 N–H and O–H groups in total. The monoisotopic (exact) mass is 259 g/mol. The van der Waals surface area contributed by atoms with Gasteiger partial charge in [0.1, 0.15) is 17.4 Å². The van der Waals surface area contributed by atoms with Crippen LogP contribution >= 0.6 is 11.6 Å². The van der Waals surface area contributed by atoms with Crippen LogP contribution in [-0.4, -0.2) is 15.4 Å². The van der Waals surface area contributed by atoms with Crippen LogP contribution in [0.1, 0.15) is 36.7 Å². The predicted octanol–water partition coefficient (Wildman–Crippen LogP) is 3.41. The van der Waals surface area contributed by atoms with Crippen molar-refractivity contribution in [2.45, 2.75) is 31.7 Å². The summed E-state index contributed by atoms with van der Waals surface area (Å²) in [6.45, 7) is 0. The Morgan fingerprint density at radius 3 is 2.89 bits per heavy atom. The largest absolute Gasteiger partial charge is 0.325 e. The zero-order valence-electron chi connectivity index (χ0n) is 10.1. The molecule has 0 unspecified atom stereocenters. The van der Waals surface area contributed by atoms with Gasteiger partial charge in [0.2, 0.25) is 0 Å². The molecule has 0 spiro atoms. The zero-order chi connectivity index (χ0) is 12.5. The maximum atomic E-state index is 9.15. The van der Waals surface area contributed by atoms with Crippen molar-refractivity contribution >= 4 is 22.6 Å². The first-order valence-corrected chi connectivity index (χ1v) is 6.84. The van der Waals surface area contributed by atoms with Crippen molar-refractivity contribution in [3.05, 3.63) is 29.6 Å². The number of alkyl halides is 1. The van der Waals surface area contributed by atoms with Gasteiger partial charge >= 0.3 is 0 Å². The highest BCUT2D eigenvalue weighted by atomic mass is 35.5. The summed E-state index contributed by atoms with van der Waals surface area (Å²) in [6, 6.07) is 8.57. The number of hydrogen-bond donors (Lipinski definition) is 0. The molecule has 3 nitrogen and oxygen atoms in total. The summed E-state index contributed by atoms with van der Waals surface area (Å²) in [6.07, 6.45) is 4.45. The van der Waals surface area contributed by atoms with Gasteiger partial charge in [-0.15, -0.1) is 11.6 Å². The highest BCUT2D eigenvalue weighted by Crippen LogP contribution is 2.36. The highest BCUT2D eigenvalue weighted by molar-refractivity contribution is 6.17. The summed E-state index contributed by atoms with van der Waals surface area (Å²) >= 11 is 5.86. The zero-order valence-corrected chi connectivity index (χ0v) is 10.8. The van der Waals surface area contributed by atoms with Gasteiger partial charge in [-0.2, -0.15) is 5.26 Å². The van der Waals surface area contributed by atoms with E-state index in [0.717, 1.165) is 23.3 Å². The number of fused-ring (bicyclic) bond motifs is 1. The molecule has 1 fully saturated rings. The molecule has 1 aliphatic carbocycles. The van der Waals surface area contributed by atoms with Gasteiger partial charge in [-0.05, 0) is 31.4 Å². The number of benzene rings is 1. The Morgan fingerprint density at radius 1 is 1.44 bits per heavy atom. The van der Waals surface area contributed by atoms with Crippen LogP contribution in [0, 0.1) is 11.3 Å². The smallest absolute Gasteiger partial charge is 0.111 e. The number of nitrogens with zero attached hydrogens (tertiary/aromatic N) is 3. The number of para-hydroxylation sites is 1. The quantitative estimate of drug-likeness (QED) is 0.793. The number of imidazole rings is 1. The minimum absolute atomic E-state index is 0.544. The molecular formula is C14H14ClN3. The summed E-state index contributed by atoms with van der Waals surface area (Å²) in [5, 5.41) is 9.15. The average Bonchev–Trinajstić information content (AvgIpc) is 2.67. The highest BCUT2D eigenvalue weighted by Gasteiger charge is 2.24. The van der Waals surface area contributed by atoms with Crippen molar-refractivity contribution in [3.8, 4) is 6.07 Å². The van der Waals surface area contributed by atoms with Crippen molar-refractivity contribution in [2.75, 3.05) is 5.88 Å². The molecule has 0 radical (unpaired) electrons. The predicted molar refractivity (Wildman–Crippen MR) is 71.8 cm³/mol. The summed E-state index contributed by atoms with van der Waals surface area (Å²) in [7, 11) is 0. The van der Waals surface area contributed by atoms with Crippen LogP contribution in [-0.2, 0) is 6.42 Å². The fourth-order valence-electron chi connectivity index (χ4n) is 2.57. The number of halogens is 1. The standard InChI is InChI=1S/C14H14ClN3/c15-8-7-13-17-14-10(9-16)3-1-6-12(14)18(13)11-4-2-5-11/h1,3,6,11H,2,4-5,7-8H2. The second-order valence-electron chi connectivity index (χ2n) is 4.71. The Morgan fingerprint density at radius 2 is 2.28 bits per heavy atom. The third kappa shape index (κ3) is 1.69. The molecule has 1 saturated carbocycles. The van der Waals surface area contributed by atoms with Gasteiger partial charge in [-0.25, -0.2) is 4.98 Å². The lowest BCUT2D eigenvalue weighted by molar-refractivity contribution is 0.314. The Labute approximate surface area is 111 Å². The summed E-state index contributed by atoms with van der Waals surface area (Å²) in [5.74, 6) is 1.59. The average molecular weight is 260 g/mol. The molecule has 0 saturated heterocycles. The number of rotatable bonds is 3. The van der Waals surface area contributed by atoms with E-state index < -0.39 is 0 Å². The van der Waals surface area contributed by atoms with Crippen LogP contribution in [0.5, 0.6) is 0 Å². The van der Waals surface area contributed by atoms with Crippen molar-refractivity contribution < 1.29 is 0 Å². The van der Waals surface area contributed by atoms with E-state index in [1.165, 1.54) is 19.3 Å². The van der Waals surface area contributed by atoms with Gasteiger partial charge in [0.25, 0.3) is 0 Å². The molecule has 4 heteroatoms. The molecule has 1 aromatic heterocycles. The van der Waals surface area contributed by atoms with E-state index in [1.807, 2.05) is 12.1 Å². The lowest BCUT2D eigenvalue weighted by Gasteiger charge is -2.29. The third-order valence-electron chi connectivity index (χ3n) is 3.67. The Kier molecular flexibility index (Phi) is 2.97. The summed E-state index contributed by atoms with van der Waals surface area (Å²) in [4.78, 5) is 4.63. The fraction of sp³-hybridized carbons (Fsp3) is 0.429. The lowest BCUT2D eigenvalue weighted by Crippen LogP contribution is -2.19. The van der Waals surface area contributed by atoms with Gasteiger partial charge < -0.3 is 4.57 Å². The summed E-state index contributed by atoms with van der Waals surface area (Å²) < 4.78 is 2.29. The normalized spacial score (nSPS) is 15.6. The van der Waals surface area contributed by atoms with Gasteiger partial charge in [0.15, 0.2) is 0 Å². The first-order chi connectivity index (χ1) is 8.85. The van der Waals surface area contributed by atoms with Gasteiger partial charge in [0.05, 0.1) is 11.1 Å². The van der Waals surface area contributed by atoms with Crippen LogP contribution in [0.3, 0.4) is 0 Å². The summed E-state index contributed by atoms with van der Waals surface area (Å²) in [5.41, 5.74) is 2.56. The van der Waals surface area contributed by atoms with E-state index in [0.29, 0.717) is 17.5 Å². The minimum atomic E-state index is 0.544. The second-order valence-corrected chi connectivity index (χ2v) is 5.08. The third-order valence-corrected chi connectivity index (χ3v) is 3.86. The second kappa shape index (κ2) is 4.62. The molecule has 18 heavy (non-hydrogen) atoms. The van der Waals surface area contributed by atoms with Crippen molar-refractivity contribution in [2.24, 2.45) is 0 Å². The van der Waals surface area contributed by atoms with E-state index in [1.54, 1.807) is 0 Å². The Bertz CT molecular complexity index is 620. The van der Waals surface area contributed by atoms with Crippen molar-refractivity contribution in [1.29, 1.82) is 5.26 Å². The van der Waals surface area contributed by atoms with Crippen LogP contribution in [0.2, 0.25) is 0 Å². The van der Waals surface area contributed by atoms with Gasteiger partial charge in [-0.1, -0.05) is 6.07 Å². The first kappa shape index (κ1) is 11.6. The van der Waals surface area contributed by atoms with E-state index in [-0.39, 0.29) is 0 Å². The van der Waals surface area contributed by atoms with Gasteiger partial charge in [0, 0.05) is 18.3 Å². The lowest BCUT2D eigenvalue weighted by atomic mass is 9.92. The molecule has 1 aliphatic rings. The van der Waals surface area contributed by atoms with E-state index in [9.17, 15) is 0 Å². The number of aromatic nitrogens is 2. The van der Waals surface area contributed by atoms with Crippen LogP contribution in [0.25, 0.3) is 11.0 Å². The van der Waals surface area contributed by atoms with E-state index in [2.05, 4.69) is 21.7 Å².